The Labute approximate surface area is 108 Å². The van der Waals surface area contributed by atoms with Crippen molar-refractivity contribution in [2.75, 3.05) is 0 Å². The van der Waals surface area contributed by atoms with Crippen molar-refractivity contribution in [1.29, 1.82) is 0 Å². The second-order valence-corrected chi connectivity index (χ2v) is 5.40. The van der Waals surface area contributed by atoms with E-state index in [1.807, 2.05) is 12.1 Å². The van der Waals surface area contributed by atoms with Crippen LogP contribution < -0.4 is 0 Å². The fraction of sp³-hybridized carbons (Fsp3) is 0.333. The molecule has 0 aromatic carbocycles. The SMILES string of the molecule is CC(C)Cc1nccc2nc(Cl)c(Br)cc12. The van der Waals surface area contributed by atoms with Crippen LogP contribution in [0.15, 0.2) is 22.8 Å². The highest BCUT2D eigenvalue weighted by Gasteiger charge is 2.08. The quantitative estimate of drug-likeness (QED) is 0.775. The summed E-state index contributed by atoms with van der Waals surface area (Å²) in [5.74, 6) is 0.576. The molecule has 0 saturated heterocycles. The highest BCUT2D eigenvalue weighted by Crippen LogP contribution is 2.27. The van der Waals surface area contributed by atoms with Crippen molar-refractivity contribution in [3.63, 3.8) is 0 Å². The zero-order chi connectivity index (χ0) is 11.7. The first-order chi connectivity index (χ1) is 7.58. The van der Waals surface area contributed by atoms with Gasteiger partial charge in [0.05, 0.1) is 15.7 Å². The Morgan fingerprint density at radius 3 is 2.88 bits per heavy atom. The molecule has 2 heterocycles. The van der Waals surface area contributed by atoms with Gasteiger partial charge in [-0.2, -0.15) is 0 Å². The number of rotatable bonds is 2. The molecule has 16 heavy (non-hydrogen) atoms. The van der Waals surface area contributed by atoms with E-state index in [4.69, 9.17) is 11.6 Å². The Hall–Kier alpha value is -0.670. The van der Waals surface area contributed by atoms with Gasteiger partial charge in [0.15, 0.2) is 0 Å². The zero-order valence-corrected chi connectivity index (χ0v) is 11.5. The summed E-state index contributed by atoms with van der Waals surface area (Å²) in [5, 5.41) is 1.57. The van der Waals surface area contributed by atoms with Gasteiger partial charge in [0.1, 0.15) is 5.15 Å². The van der Waals surface area contributed by atoms with Crippen LogP contribution in [0.5, 0.6) is 0 Å². The van der Waals surface area contributed by atoms with Crippen molar-refractivity contribution in [2.24, 2.45) is 5.92 Å². The van der Waals surface area contributed by atoms with E-state index in [1.54, 1.807) is 6.20 Å². The maximum Gasteiger partial charge on any atom is 0.143 e. The molecular weight excluding hydrogens is 288 g/mol. The summed E-state index contributed by atoms with van der Waals surface area (Å²) in [6.07, 6.45) is 2.74. The number of aromatic nitrogens is 2. The zero-order valence-electron chi connectivity index (χ0n) is 9.17. The molecule has 4 heteroatoms. The molecule has 2 nitrogen and oxygen atoms in total. The van der Waals surface area contributed by atoms with E-state index in [0.29, 0.717) is 11.1 Å². The Morgan fingerprint density at radius 1 is 1.44 bits per heavy atom. The highest BCUT2D eigenvalue weighted by molar-refractivity contribution is 9.10. The molecule has 84 valence electrons. The highest BCUT2D eigenvalue weighted by atomic mass is 79.9. The molecule has 2 rings (SSSR count). The van der Waals surface area contributed by atoms with E-state index in [0.717, 1.165) is 27.5 Å². The molecule has 0 N–H and O–H groups in total. The van der Waals surface area contributed by atoms with Gasteiger partial charge in [0.2, 0.25) is 0 Å². The van der Waals surface area contributed by atoms with Gasteiger partial charge in [0.25, 0.3) is 0 Å². The minimum absolute atomic E-state index is 0.495. The van der Waals surface area contributed by atoms with Crippen LogP contribution in [-0.2, 0) is 6.42 Å². The molecule has 0 atom stereocenters. The van der Waals surface area contributed by atoms with Crippen LogP contribution in [-0.4, -0.2) is 9.97 Å². The second-order valence-electron chi connectivity index (χ2n) is 4.18. The number of hydrogen-bond acceptors (Lipinski definition) is 2. The molecule has 0 spiro atoms. The van der Waals surface area contributed by atoms with Gasteiger partial charge in [-0.05, 0) is 40.4 Å². The summed E-state index contributed by atoms with van der Waals surface area (Å²) in [4.78, 5) is 8.74. The van der Waals surface area contributed by atoms with Crippen LogP contribution in [0.2, 0.25) is 5.15 Å². The lowest BCUT2D eigenvalue weighted by Crippen LogP contribution is -1.99. The van der Waals surface area contributed by atoms with Crippen LogP contribution in [0.1, 0.15) is 19.5 Å². The standard InChI is InChI=1S/C12H12BrClN2/c1-7(2)5-11-8-6-9(13)12(14)16-10(8)3-4-15-11/h3-4,6-7H,5H2,1-2H3. The van der Waals surface area contributed by atoms with Gasteiger partial charge < -0.3 is 0 Å². The van der Waals surface area contributed by atoms with Crippen molar-refractivity contribution in [3.8, 4) is 0 Å². The minimum atomic E-state index is 0.495. The smallest absolute Gasteiger partial charge is 0.143 e. The van der Waals surface area contributed by atoms with Crippen molar-refractivity contribution in [2.45, 2.75) is 20.3 Å². The summed E-state index contributed by atoms with van der Waals surface area (Å²) in [6.45, 7) is 4.36. The molecule has 0 bridgehead atoms. The Bertz CT molecular complexity index is 526. The summed E-state index contributed by atoms with van der Waals surface area (Å²) >= 11 is 9.36. The summed E-state index contributed by atoms with van der Waals surface area (Å²) in [5.41, 5.74) is 1.98. The fourth-order valence-corrected chi connectivity index (χ4v) is 2.12. The maximum absolute atomic E-state index is 5.97. The normalized spacial score (nSPS) is 11.3. The monoisotopic (exact) mass is 298 g/mol. The predicted molar refractivity (Wildman–Crippen MR) is 70.8 cm³/mol. The number of pyridine rings is 2. The Kier molecular flexibility index (Phi) is 3.45. The number of fused-ring (bicyclic) bond motifs is 1. The lowest BCUT2D eigenvalue weighted by atomic mass is 10.0. The first-order valence-electron chi connectivity index (χ1n) is 5.17. The lowest BCUT2D eigenvalue weighted by molar-refractivity contribution is 0.639. The molecule has 2 aromatic rings. The van der Waals surface area contributed by atoms with Crippen LogP contribution in [0.3, 0.4) is 0 Å². The molecule has 0 unspecified atom stereocenters. The van der Waals surface area contributed by atoms with E-state index < -0.39 is 0 Å². The van der Waals surface area contributed by atoms with E-state index >= 15 is 0 Å². The van der Waals surface area contributed by atoms with E-state index in [1.165, 1.54) is 0 Å². The van der Waals surface area contributed by atoms with Gasteiger partial charge in [-0.1, -0.05) is 25.4 Å². The molecule has 0 aliphatic heterocycles. The number of nitrogens with zero attached hydrogens (tertiary/aromatic N) is 2. The lowest BCUT2D eigenvalue weighted by Gasteiger charge is -2.08. The number of hydrogen-bond donors (Lipinski definition) is 0. The predicted octanol–water partition coefficient (Wildman–Crippen LogP) is 4.24. The maximum atomic E-state index is 5.97. The first kappa shape index (κ1) is 11.8. The third-order valence-corrected chi connectivity index (χ3v) is 3.46. The fourth-order valence-electron chi connectivity index (χ4n) is 1.65. The second kappa shape index (κ2) is 4.68. The molecule has 0 saturated carbocycles. The largest absolute Gasteiger partial charge is 0.261 e. The molecule has 0 aliphatic carbocycles. The number of halogens is 2. The summed E-state index contributed by atoms with van der Waals surface area (Å²) < 4.78 is 0.819. The van der Waals surface area contributed by atoms with Gasteiger partial charge in [-0.3, -0.25) is 4.98 Å². The van der Waals surface area contributed by atoms with E-state index in [2.05, 4.69) is 39.7 Å². The topological polar surface area (TPSA) is 25.8 Å². The van der Waals surface area contributed by atoms with Crippen LogP contribution in [0, 0.1) is 5.92 Å². The molecular formula is C12H12BrClN2. The van der Waals surface area contributed by atoms with Gasteiger partial charge in [-0.25, -0.2) is 4.98 Å². The minimum Gasteiger partial charge on any atom is -0.261 e. The molecule has 2 aromatic heterocycles. The van der Waals surface area contributed by atoms with Gasteiger partial charge in [0, 0.05) is 11.6 Å². The third-order valence-electron chi connectivity index (χ3n) is 2.34. The van der Waals surface area contributed by atoms with Gasteiger partial charge >= 0.3 is 0 Å². The van der Waals surface area contributed by atoms with E-state index in [-0.39, 0.29) is 0 Å². The molecule has 0 fully saturated rings. The van der Waals surface area contributed by atoms with Crippen LogP contribution in [0.25, 0.3) is 10.9 Å². The average molecular weight is 300 g/mol. The first-order valence-corrected chi connectivity index (χ1v) is 6.34. The Morgan fingerprint density at radius 2 is 2.19 bits per heavy atom. The van der Waals surface area contributed by atoms with Crippen molar-refractivity contribution in [3.05, 3.63) is 33.6 Å². The van der Waals surface area contributed by atoms with Crippen LogP contribution in [0.4, 0.5) is 0 Å². The van der Waals surface area contributed by atoms with E-state index in [9.17, 15) is 0 Å². The third kappa shape index (κ3) is 2.36. The van der Waals surface area contributed by atoms with Crippen LogP contribution >= 0.6 is 27.5 Å². The molecule has 0 radical (unpaired) electrons. The molecule has 0 aliphatic rings. The van der Waals surface area contributed by atoms with Gasteiger partial charge in [-0.15, -0.1) is 0 Å². The van der Waals surface area contributed by atoms with Crippen molar-refractivity contribution in [1.82, 2.24) is 9.97 Å². The Balaban J connectivity index is 2.62. The summed E-state index contributed by atoms with van der Waals surface area (Å²) in [6, 6.07) is 3.88. The molecule has 0 amide bonds. The summed E-state index contributed by atoms with van der Waals surface area (Å²) in [7, 11) is 0. The van der Waals surface area contributed by atoms with Crippen molar-refractivity contribution >= 4 is 38.4 Å². The average Bonchev–Trinajstić information content (AvgIpc) is 2.20. The van der Waals surface area contributed by atoms with Crippen molar-refractivity contribution < 1.29 is 0 Å².